The summed E-state index contributed by atoms with van der Waals surface area (Å²) in [6.07, 6.45) is 2.30. The van der Waals surface area contributed by atoms with E-state index in [0.717, 1.165) is 6.32 Å². The average molecular weight is 125 g/mol. The number of hydrogen-bond acceptors (Lipinski definition) is 0. The quantitative estimate of drug-likeness (QED) is 0.436. The van der Waals surface area contributed by atoms with Gasteiger partial charge in [0, 0.05) is 0 Å². The highest BCUT2D eigenvalue weighted by molar-refractivity contribution is 6.41. The molecule has 0 spiro atoms. The Bertz CT molecular complexity index is 140. The van der Waals surface area contributed by atoms with Crippen molar-refractivity contribution < 1.29 is 0 Å². The van der Waals surface area contributed by atoms with Crippen molar-refractivity contribution in [3.63, 3.8) is 0 Å². The molecule has 0 saturated carbocycles. The van der Waals surface area contributed by atoms with Crippen molar-refractivity contribution in [3.05, 3.63) is 0 Å². The van der Waals surface area contributed by atoms with Crippen LogP contribution in [0.4, 0.5) is 0 Å². The zero-order valence-corrected chi connectivity index (χ0v) is 6.99. The highest BCUT2D eigenvalue weighted by Crippen LogP contribution is 2.53. The summed E-state index contributed by atoms with van der Waals surface area (Å²) in [5, 5.41) is 0.215. The van der Waals surface area contributed by atoms with Gasteiger partial charge in [-0.05, 0) is 6.75 Å². The lowest BCUT2D eigenvalue weighted by atomic mass is 9.51. The van der Waals surface area contributed by atoms with Crippen LogP contribution in [0.15, 0.2) is 0 Å². The maximum atomic E-state index is 7.79. The second kappa shape index (κ2) is 1.77. The van der Waals surface area contributed by atoms with Crippen molar-refractivity contribution in [2.24, 2.45) is 5.41 Å². The first kappa shape index (κ1) is 5.82. The second-order valence-corrected chi connectivity index (χ2v) is 4.35. The molecule has 0 nitrogen and oxygen atoms in total. The molecule has 9 heavy (non-hydrogen) atoms. The first-order valence-electron chi connectivity index (χ1n) is 4.38. The van der Waals surface area contributed by atoms with E-state index in [1.165, 1.54) is 6.42 Å². The SMILES string of the molecule is [2H]B1CCC(C)(C)C1(C)C. The molecule has 1 aliphatic heterocycles. The van der Waals surface area contributed by atoms with Gasteiger partial charge in [-0.1, -0.05) is 45.8 Å². The van der Waals surface area contributed by atoms with Gasteiger partial charge >= 0.3 is 0 Å². The Morgan fingerprint density at radius 1 is 1.33 bits per heavy atom. The highest BCUT2D eigenvalue weighted by Gasteiger charge is 2.41. The molecule has 1 rings (SSSR count). The van der Waals surface area contributed by atoms with Crippen LogP contribution in [0.3, 0.4) is 0 Å². The third-order valence-corrected chi connectivity index (χ3v) is 3.17. The molecule has 0 aromatic heterocycles. The van der Waals surface area contributed by atoms with Crippen LogP contribution >= 0.6 is 0 Å². The van der Waals surface area contributed by atoms with E-state index in [-0.39, 0.29) is 12.6 Å². The van der Waals surface area contributed by atoms with Gasteiger partial charge in [0.25, 0.3) is 0 Å². The largest absolute Gasteiger partial charge is 0.128 e. The molecule has 1 aliphatic rings. The van der Waals surface area contributed by atoms with E-state index in [1.54, 1.807) is 0 Å². The van der Waals surface area contributed by atoms with Gasteiger partial charge in [0.05, 0.1) is 0 Å². The molecule has 0 aromatic rings. The molecular weight excluding hydrogens is 107 g/mol. The number of hydrogen-bond donors (Lipinski definition) is 0. The van der Waals surface area contributed by atoms with Crippen molar-refractivity contribution in [3.8, 4) is 0 Å². The second-order valence-electron chi connectivity index (χ2n) is 4.35. The molecular formula is C8H17B. The van der Waals surface area contributed by atoms with Crippen molar-refractivity contribution in [2.75, 3.05) is 0 Å². The van der Waals surface area contributed by atoms with E-state index in [9.17, 15) is 0 Å². The lowest BCUT2D eigenvalue weighted by Gasteiger charge is -2.34. The van der Waals surface area contributed by atoms with Gasteiger partial charge in [-0.15, -0.1) is 0 Å². The lowest BCUT2D eigenvalue weighted by molar-refractivity contribution is 0.280. The van der Waals surface area contributed by atoms with E-state index < -0.39 is 0 Å². The minimum atomic E-state index is 0.155. The average Bonchev–Trinajstić information content (AvgIpc) is 1.94. The maximum Gasteiger partial charge on any atom is 0.128 e. The standard InChI is InChI=1S/C8H17B/c1-7(2)5-6-9-8(7,3)4/h9H,5-6H2,1-4H3/i9D. The summed E-state index contributed by atoms with van der Waals surface area (Å²) in [4.78, 5) is 0. The molecule has 0 unspecified atom stereocenters. The molecule has 52 valence electrons. The van der Waals surface area contributed by atoms with Crippen LogP contribution in [0.25, 0.3) is 0 Å². The lowest BCUT2D eigenvalue weighted by Crippen LogP contribution is -2.22. The Hall–Kier alpha value is 0.0649. The minimum Gasteiger partial charge on any atom is -0.0764 e. The molecule has 1 fully saturated rings. The summed E-state index contributed by atoms with van der Waals surface area (Å²) >= 11 is 0. The smallest absolute Gasteiger partial charge is 0.0764 e. The number of rotatable bonds is 0. The Labute approximate surface area is 60.6 Å². The molecule has 1 saturated heterocycles. The van der Waals surface area contributed by atoms with E-state index in [0.29, 0.717) is 5.41 Å². The van der Waals surface area contributed by atoms with E-state index in [1.807, 2.05) is 0 Å². The van der Waals surface area contributed by atoms with Gasteiger partial charge < -0.3 is 0 Å². The third-order valence-electron chi connectivity index (χ3n) is 3.17. The monoisotopic (exact) mass is 125 g/mol. The topological polar surface area (TPSA) is 0 Å². The Morgan fingerprint density at radius 3 is 2.00 bits per heavy atom. The zero-order chi connectivity index (χ0) is 7.99. The minimum absolute atomic E-state index is 0.155. The van der Waals surface area contributed by atoms with Gasteiger partial charge in [-0.3, -0.25) is 0 Å². The molecule has 0 N–H and O–H groups in total. The Kier molecular flexibility index (Phi) is 1.15. The van der Waals surface area contributed by atoms with Gasteiger partial charge in [0.1, 0.15) is 7.24 Å². The summed E-state index contributed by atoms with van der Waals surface area (Å²) < 4.78 is 7.79. The molecule has 1 heteroatoms. The summed E-state index contributed by atoms with van der Waals surface area (Å²) in [6.45, 7) is 9.00. The zero-order valence-electron chi connectivity index (χ0n) is 7.99. The summed E-state index contributed by atoms with van der Waals surface area (Å²) in [5.41, 5.74) is 0.374. The van der Waals surface area contributed by atoms with E-state index >= 15 is 0 Å². The normalized spacial score (nSPS) is 32.4. The maximum absolute atomic E-state index is 7.79. The van der Waals surface area contributed by atoms with Crippen LogP contribution < -0.4 is 0 Å². The summed E-state index contributed by atoms with van der Waals surface area (Å²) in [6, 6.07) is 0. The van der Waals surface area contributed by atoms with Crippen molar-refractivity contribution >= 4 is 7.24 Å². The molecule has 0 aliphatic carbocycles. The van der Waals surface area contributed by atoms with E-state index in [4.69, 9.17) is 1.34 Å². The van der Waals surface area contributed by atoms with Crippen LogP contribution in [0.5, 0.6) is 0 Å². The fourth-order valence-electron chi connectivity index (χ4n) is 1.39. The van der Waals surface area contributed by atoms with Crippen LogP contribution in [0, 0.1) is 5.41 Å². The molecule has 0 amide bonds. The van der Waals surface area contributed by atoms with Crippen LogP contribution in [-0.2, 0) is 0 Å². The predicted octanol–water partition coefficient (Wildman–Crippen LogP) is 2.47. The van der Waals surface area contributed by atoms with Crippen LogP contribution in [-0.4, -0.2) is 8.58 Å². The first-order valence-corrected chi connectivity index (χ1v) is 3.80. The molecule has 0 bridgehead atoms. The Balaban J connectivity index is 2.84. The molecule has 0 atom stereocenters. The third kappa shape index (κ3) is 1.02. The van der Waals surface area contributed by atoms with Crippen molar-refractivity contribution in [2.45, 2.75) is 45.8 Å². The fraction of sp³-hybridized carbons (Fsp3) is 1.00. The van der Waals surface area contributed by atoms with Crippen LogP contribution in [0.1, 0.15) is 34.1 Å². The van der Waals surface area contributed by atoms with E-state index in [2.05, 4.69) is 27.7 Å². The Morgan fingerprint density at radius 2 is 1.89 bits per heavy atom. The summed E-state index contributed by atoms with van der Waals surface area (Å²) in [5.74, 6) is 0. The molecule has 0 radical (unpaired) electrons. The van der Waals surface area contributed by atoms with Gasteiger partial charge in [-0.25, -0.2) is 0 Å². The van der Waals surface area contributed by atoms with Gasteiger partial charge in [-0.2, -0.15) is 0 Å². The van der Waals surface area contributed by atoms with Gasteiger partial charge in [0.2, 0.25) is 0 Å². The van der Waals surface area contributed by atoms with Crippen molar-refractivity contribution in [1.82, 2.24) is 0 Å². The molecule has 0 aromatic carbocycles. The van der Waals surface area contributed by atoms with Crippen molar-refractivity contribution in [1.29, 1.82) is 1.34 Å². The first-order chi connectivity index (χ1) is 4.38. The molecule has 1 heterocycles. The fourth-order valence-corrected chi connectivity index (χ4v) is 1.39. The predicted molar refractivity (Wildman–Crippen MR) is 44.4 cm³/mol. The van der Waals surface area contributed by atoms with Crippen LogP contribution in [0.2, 0.25) is 11.6 Å². The van der Waals surface area contributed by atoms with Gasteiger partial charge in [0.15, 0.2) is 0 Å². The highest BCUT2D eigenvalue weighted by atomic mass is 14.4. The summed E-state index contributed by atoms with van der Waals surface area (Å²) in [7, 11) is 0.155.